The summed E-state index contributed by atoms with van der Waals surface area (Å²) in [6, 6.07) is 5.55. The summed E-state index contributed by atoms with van der Waals surface area (Å²) < 4.78 is 0. The van der Waals surface area contributed by atoms with Gasteiger partial charge in [-0.1, -0.05) is 17.7 Å². The maximum Gasteiger partial charge on any atom is 0.0524 e. The zero-order valence-electron chi connectivity index (χ0n) is 9.78. The summed E-state index contributed by atoms with van der Waals surface area (Å²) in [5.74, 6) is 0. The molecule has 0 aliphatic rings. The molecule has 16 heavy (non-hydrogen) atoms. The van der Waals surface area contributed by atoms with Gasteiger partial charge in [-0.15, -0.1) is 0 Å². The van der Waals surface area contributed by atoms with E-state index in [2.05, 4.69) is 4.90 Å². The van der Waals surface area contributed by atoms with Crippen molar-refractivity contribution in [1.82, 2.24) is 4.90 Å². The lowest BCUT2D eigenvalue weighted by atomic mass is 10.1. The van der Waals surface area contributed by atoms with Crippen LogP contribution in [0.4, 0.5) is 5.69 Å². The summed E-state index contributed by atoms with van der Waals surface area (Å²) in [5, 5.41) is 9.85. The maximum atomic E-state index is 9.19. The largest absolute Gasteiger partial charge is 0.398 e. The molecular weight excluding hydrogens is 224 g/mol. The van der Waals surface area contributed by atoms with Gasteiger partial charge in [0.05, 0.1) is 6.10 Å². The number of benzene rings is 1. The van der Waals surface area contributed by atoms with Crippen LogP contribution in [0.15, 0.2) is 18.2 Å². The molecule has 0 fully saturated rings. The SMILES string of the molecule is CC(O)CCN(C)Cc1ccc(Cl)cc1N. The van der Waals surface area contributed by atoms with Gasteiger partial charge in [-0.3, -0.25) is 0 Å². The quantitative estimate of drug-likeness (QED) is 0.778. The van der Waals surface area contributed by atoms with Crippen molar-refractivity contribution in [1.29, 1.82) is 0 Å². The van der Waals surface area contributed by atoms with Crippen LogP contribution in [0.5, 0.6) is 0 Å². The predicted octanol–water partition coefficient (Wildman–Crippen LogP) is 2.12. The Hall–Kier alpha value is -0.770. The highest BCUT2D eigenvalue weighted by Gasteiger charge is 2.05. The number of hydrogen-bond donors (Lipinski definition) is 2. The van der Waals surface area contributed by atoms with Crippen molar-refractivity contribution < 1.29 is 5.11 Å². The third kappa shape index (κ3) is 4.39. The summed E-state index contributed by atoms with van der Waals surface area (Å²) >= 11 is 5.83. The van der Waals surface area contributed by atoms with Crippen LogP contribution in [0.1, 0.15) is 18.9 Å². The van der Waals surface area contributed by atoms with Crippen LogP contribution in [0.3, 0.4) is 0 Å². The number of rotatable bonds is 5. The minimum absolute atomic E-state index is 0.259. The van der Waals surface area contributed by atoms with E-state index in [0.29, 0.717) is 5.02 Å². The molecule has 0 heterocycles. The van der Waals surface area contributed by atoms with Gasteiger partial charge < -0.3 is 15.7 Å². The molecule has 3 N–H and O–H groups in total. The Morgan fingerprint density at radius 2 is 2.19 bits per heavy atom. The molecule has 0 radical (unpaired) electrons. The van der Waals surface area contributed by atoms with Crippen LogP contribution < -0.4 is 5.73 Å². The Labute approximate surface area is 102 Å². The molecular formula is C12H19ClN2O. The van der Waals surface area contributed by atoms with Gasteiger partial charge in [0.15, 0.2) is 0 Å². The number of aliphatic hydroxyl groups is 1. The molecule has 1 rings (SSSR count). The first-order chi connectivity index (χ1) is 7.49. The van der Waals surface area contributed by atoms with Gasteiger partial charge in [0.1, 0.15) is 0 Å². The van der Waals surface area contributed by atoms with Gasteiger partial charge in [-0.25, -0.2) is 0 Å². The van der Waals surface area contributed by atoms with Gasteiger partial charge in [0.25, 0.3) is 0 Å². The number of nitrogen functional groups attached to an aromatic ring is 1. The Morgan fingerprint density at radius 1 is 1.50 bits per heavy atom. The normalized spacial score (nSPS) is 13.1. The summed E-state index contributed by atoms with van der Waals surface area (Å²) in [6.45, 7) is 3.42. The van der Waals surface area contributed by atoms with Crippen molar-refractivity contribution in [3.63, 3.8) is 0 Å². The zero-order chi connectivity index (χ0) is 12.1. The first kappa shape index (κ1) is 13.3. The van der Waals surface area contributed by atoms with E-state index in [1.54, 1.807) is 13.0 Å². The topological polar surface area (TPSA) is 49.5 Å². The van der Waals surface area contributed by atoms with Crippen molar-refractivity contribution in [3.8, 4) is 0 Å². The average molecular weight is 243 g/mol. The molecule has 1 aromatic carbocycles. The van der Waals surface area contributed by atoms with Crippen LogP contribution in [0.2, 0.25) is 5.02 Å². The predicted molar refractivity (Wildman–Crippen MR) is 68.5 cm³/mol. The van der Waals surface area contributed by atoms with Crippen molar-refractivity contribution >= 4 is 17.3 Å². The van der Waals surface area contributed by atoms with Gasteiger partial charge in [-0.2, -0.15) is 0 Å². The molecule has 90 valence electrons. The molecule has 0 aliphatic carbocycles. The van der Waals surface area contributed by atoms with Crippen LogP contribution in [0, 0.1) is 0 Å². The Kier molecular flexibility index (Phi) is 5.06. The highest BCUT2D eigenvalue weighted by atomic mass is 35.5. The minimum Gasteiger partial charge on any atom is -0.398 e. The molecule has 0 aliphatic heterocycles. The van der Waals surface area contributed by atoms with Crippen LogP contribution in [-0.2, 0) is 6.54 Å². The summed E-state index contributed by atoms with van der Waals surface area (Å²) in [7, 11) is 2.01. The number of aliphatic hydroxyl groups excluding tert-OH is 1. The molecule has 3 nitrogen and oxygen atoms in total. The lowest BCUT2D eigenvalue weighted by molar-refractivity contribution is 0.163. The number of anilines is 1. The van der Waals surface area contributed by atoms with Crippen molar-refractivity contribution in [3.05, 3.63) is 28.8 Å². The second-order valence-corrected chi connectivity index (χ2v) is 4.66. The third-order valence-corrected chi connectivity index (χ3v) is 2.71. The summed E-state index contributed by atoms with van der Waals surface area (Å²) in [6.07, 6.45) is 0.509. The molecule has 1 aromatic rings. The van der Waals surface area contributed by atoms with E-state index in [-0.39, 0.29) is 6.10 Å². The maximum absolute atomic E-state index is 9.19. The van der Waals surface area contributed by atoms with Crippen LogP contribution >= 0.6 is 11.6 Å². The Bertz CT molecular complexity index is 342. The fourth-order valence-corrected chi connectivity index (χ4v) is 1.67. The molecule has 4 heteroatoms. The molecule has 0 aromatic heterocycles. The monoisotopic (exact) mass is 242 g/mol. The van der Waals surface area contributed by atoms with E-state index in [9.17, 15) is 5.11 Å². The van der Waals surface area contributed by atoms with Crippen molar-refractivity contribution in [2.75, 3.05) is 19.3 Å². The van der Waals surface area contributed by atoms with Gasteiger partial charge in [-0.05, 0) is 38.1 Å². The number of nitrogens with zero attached hydrogens (tertiary/aromatic N) is 1. The molecule has 0 spiro atoms. The van der Waals surface area contributed by atoms with Gasteiger partial charge in [0.2, 0.25) is 0 Å². The lowest BCUT2D eigenvalue weighted by Crippen LogP contribution is -2.22. The van der Waals surface area contributed by atoms with E-state index in [1.807, 2.05) is 19.2 Å². The molecule has 0 amide bonds. The van der Waals surface area contributed by atoms with Crippen LogP contribution in [0.25, 0.3) is 0 Å². The van der Waals surface area contributed by atoms with Crippen molar-refractivity contribution in [2.45, 2.75) is 26.0 Å². The molecule has 0 bridgehead atoms. The first-order valence-electron chi connectivity index (χ1n) is 5.39. The number of hydrogen-bond acceptors (Lipinski definition) is 3. The Balaban J connectivity index is 2.52. The van der Waals surface area contributed by atoms with E-state index < -0.39 is 0 Å². The fraction of sp³-hybridized carbons (Fsp3) is 0.500. The molecule has 1 atom stereocenters. The highest BCUT2D eigenvalue weighted by Crippen LogP contribution is 2.19. The molecule has 1 unspecified atom stereocenters. The third-order valence-electron chi connectivity index (χ3n) is 2.48. The standard InChI is InChI=1S/C12H19ClN2O/c1-9(16)5-6-15(2)8-10-3-4-11(13)7-12(10)14/h3-4,7,9,16H,5-6,8,14H2,1-2H3. The number of nitrogens with two attached hydrogens (primary N) is 1. The first-order valence-corrected chi connectivity index (χ1v) is 5.77. The zero-order valence-corrected chi connectivity index (χ0v) is 10.5. The van der Waals surface area contributed by atoms with E-state index in [4.69, 9.17) is 17.3 Å². The fourth-order valence-electron chi connectivity index (χ4n) is 1.49. The van der Waals surface area contributed by atoms with E-state index >= 15 is 0 Å². The summed E-state index contributed by atoms with van der Waals surface area (Å²) in [4.78, 5) is 2.13. The van der Waals surface area contributed by atoms with Gasteiger partial charge >= 0.3 is 0 Å². The van der Waals surface area contributed by atoms with Crippen LogP contribution in [-0.4, -0.2) is 29.7 Å². The minimum atomic E-state index is -0.259. The number of halogens is 1. The highest BCUT2D eigenvalue weighted by molar-refractivity contribution is 6.30. The van der Waals surface area contributed by atoms with E-state index in [0.717, 1.165) is 30.8 Å². The molecule has 0 saturated carbocycles. The lowest BCUT2D eigenvalue weighted by Gasteiger charge is -2.18. The second kappa shape index (κ2) is 6.09. The molecule has 0 saturated heterocycles. The Morgan fingerprint density at radius 3 is 2.75 bits per heavy atom. The smallest absolute Gasteiger partial charge is 0.0524 e. The second-order valence-electron chi connectivity index (χ2n) is 4.22. The van der Waals surface area contributed by atoms with Crippen molar-refractivity contribution in [2.24, 2.45) is 0 Å². The van der Waals surface area contributed by atoms with E-state index in [1.165, 1.54) is 0 Å². The van der Waals surface area contributed by atoms with Gasteiger partial charge in [0, 0.05) is 23.8 Å². The average Bonchev–Trinajstić information content (AvgIpc) is 2.19. The summed E-state index contributed by atoms with van der Waals surface area (Å²) in [5.41, 5.74) is 7.65.